The number of sulfonamides is 1. The first kappa shape index (κ1) is 25.0. The van der Waals surface area contributed by atoms with Crippen LogP contribution >= 0.6 is 0 Å². The van der Waals surface area contributed by atoms with Gasteiger partial charge >= 0.3 is 5.97 Å². The van der Waals surface area contributed by atoms with Crippen molar-refractivity contribution in [1.82, 2.24) is 4.72 Å². The highest BCUT2D eigenvalue weighted by Crippen LogP contribution is 2.16. The molecule has 0 spiro atoms. The van der Waals surface area contributed by atoms with E-state index in [-0.39, 0.29) is 23.8 Å². The number of nitrogens with one attached hydrogen (secondary N) is 2. The zero-order chi connectivity index (χ0) is 23.6. The van der Waals surface area contributed by atoms with E-state index in [0.717, 1.165) is 0 Å². The summed E-state index contributed by atoms with van der Waals surface area (Å²) in [6.07, 6.45) is 0.110. The third kappa shape index (κ3) is 7.78. The number of carbonyl (C=O) groups excluding carboxylic acids is 3. The van der Waals surface area contributed by atoms with Gasteiger partial charge in [0.05, 0.1) is 17.9 Å². The number of esters is 1. The summed E-state index contributed by atoms with van der Waals surface area (Å²) < 4.78 is 37.0. The number of hydrogen-bond donors (Lipinski definition) is 2. The molecule has 0 atom stereocenters. The van der Waals surface area contributed by atoms with Crippen molar-refractivity contribution in [2.24, 2.45) is 0 Å². The minimum absolute atomic E-state index is 0.0445. The number of hydrogen-bond acceptors (Lipinski definition) is 7. The fourth-order valence-electron chi connectivity index (χ4n) is 2.54. The molecule has 2 N–H and O–H groups in total. The van der Waals surface area contributed by atoms with E-state index in [1.807, 2.05) is 6.92 Å². The van der Waals surface area contributed by atoms with Crippen LogP contribution in [0.4, 0.5) is 5.69 Å². The number of rotatable bonds is 12. The molecule has 0 aliphatic rings. The maximum Gasteiger partial charge on any atom is 0.307 e. The van der Waals surface area contributed by atoms with E-state index in [2.05, 4.69) is 10.0 Å². The summed E-state index contributed by atoms with van der Waals surface area (Å²) in [5.74, 6) is -0.711. The van der Waals surface area contributed by atoms with E-state index in [9.17, 15) is 22.8 Å². The average molecular weight is 463 g/mol. The molecule has 32 heavy (non-hydrogen) atoms. The second-order valence-electron chi connectivity index (χ2n) is 6.62. The summed E-state index contributed by atoms with van der Waals surface area (Å²) in [7, 11) is -3.79. The SMILES string of the molecule is CCOc1ccc(S(=O)(=O)NCCC(=O)OCC(=O)c2ccc(NC(=O)CC)cc2)cc1. The summed E-state index contributed by atoms with van der Waals surface area (Å²) in [6.45, 7) is 3.38. The highest BCUT2D eigenvalue weighted by atomic mass is 32.2. The number of Topliss-reactive ketones (excluding diaryl/α,β-unsaturated/α-hetero) is 1. The van der Waals surface area contributed by atoms with Gasteiger partial charge in [0.15, 0.2) is 12.4 Å². The van der Waals surface area contributed by atoms with Crippen molar-refractivity contribution in [3.8, 4) is 5.75 Å². The second kappa shape index (κ2) is 12.0. The number of amides is 1. The van der Waals surface area contributed by atoms with E-state index in [1.165, 1.54) is 24.3 Å². The Kier molecular flexibility index (Phi) is 9.36. The third-order valence-electron chi connectivity index (χ3n) is 4.24. The number of ketones is 1. The first-order chi connectivity index (χ1) is 15.2. The Balaban J connectivity index is 1.76. The van der Waals surface area contributed by atoms with Gasteiger partial charge in [-0.1, -0.05) is 6.92 Å². The zero-order valence-electron chi connectivity index (χ0n) is 17.9. The quantitative estimate of drug-likeness (QED) is 0.366. The zero-order valence-corrected chi connectivity index (χ0v) is 18.7. The molecule has 0 unspecified atom stereocenters. The molecule has 0 aromatic heterocycles. The molecule has 0 heterocycles. The lowest BCUT2D eigenvalue weighted by molar-refractivity contribution is -0.142. The molecular weight excluding hydrogens is 436 g/mol. The predicted molar refractivity (Wildman–Crippen MR) is 118 cm³/mol. The Morgan fingerprint density at radius 2 is 1.59 bits per heavy atom. The van der Waals surface area contributed by atoms with E-state index in [1.54, 1.807) is 31.2 Å². The van der Waals surface area contributed by atoms with Gasteiger partial charge in [-0.2, -0.15) is 0 Å². The van der Waals surface area contributed by atoms with Gasteiger partial charge in [-0.25, -0.2) is 13.1 Å². The molecule has 2 rings (SSSR count). The molecular formula is C22H26N2O7S. The summed E-state index contributed by atoms with van der Waals surface area (Å²) in [4.78, 5) is 35.4. The maximum atomic E-state index is 12.3. The van der Waals surface area contributed by atoms with Crippen LogP contribution < -0.4 is 14.8 Å². The van der Waals surface area contributed by atoms with Gasteiger partial charge in [0.2, 0.25) is 15.9 Å². The van der Waals surface area contributed by atoms with Crippen LogP contribution in [-0.4, -0.2) is 45.8 Å². The number of carbonyl (C=O) groups is 3. The van der Waals surface area contributed by atoms with Crippen molar-refractivity contribution < 1.29 is 32.3 Å². The molecule has 0 bridgehead atoms. The van der Waals surface area contributed by atoms with E-state index >= 15 is 0 Å². The molecule has 1 amide bonds. The summed E-state index contributed by atoms with van der Waals surface area (Å²) >= 11 is 0. The van der Waals surface area contributed by atoms with Gasteiger partial charge in [-0.3, -0.25) is 14.4 Å². The first-order valence-electron chi connectivity index (χ1n) is 10.1. The van der Waals surface area contributed by atoms with Crippen LogP contribution in [0.2, 0.25) is 0 Å². The van der Waals surface area contributed by atoms with Crippen molar-refractivity contribution in [2.45, 2.75) is 31.6 Å². The van der Waals surface area contributed by atoms with Crippen LogP contribution in [0.1, 0.15) is 37.0 Å². The van der Waals surface area contributed by atoms with Crippen LogP contribution in [0.15, 0.2) is 53.4 Å². The highest BCUT2D eigenvalue weighted by Gasteiger charge is 2.15. The molecule has 0 saturated carbocycles. The Labute approximate surface area is 187 Å². The smallest absolute Gasteiger partial charge is 0.307 e. The van der Waals surface area contributed by atoms with Crippen LogP contribution in [0, 0.1) is 0 Å². The maximum absolute atomic E-state index is 12.3. The van der Waals surface area contributed by atoms with Gasteiger partial charge in [0.25, 0.3) is 0 Å². The molecule has 2 aromatic carbocycles. The van der Waals surface area contributed by atoms with Crippen molar-refractivity contribution in [2.75, 3.05) is 25.1 Å². The van der Waals surface area contributed by atoms with Crippen LogP contribution in [0.5, 0.6) is 5.75 Å². The van der Waals surface area contributed by atoms with Gasteiger partial charge in [-0.05, 0) is 55.5 Å². The van der Waals surface area contributed by atoms with Crippen LogP contribution in [0.25, 0.3) is 0 Å². The lowest BCUT2D eigenvalue weighted by atomic mass is 10.1. The summed E-state index contributed by atoms with van der Waals surface area (Å²) in [5.41, 5.74) is 0.883. The molecule has 0 saturated heterocycles. The van der Waals surface area contributed by atoms with E-state index in [0.29, 0.717) is 30.0 Å². The van der Waals surface area contributed by atoms with E-state index in [4.69, 9.17) is 9.47 Å². The van der Waals surface area contributed by atoms with Crippen molar-refractivity contribution in [3.63, 3.8) is 0 Å². The standard InChI is InChI=1S/C22H26N2O7S/c1-3-21(26)24-17-7-5-16(6-8-17)20(25)15-31-22(27)13-14-23-32(28,29)19-11-9-18(10-12-19)30-4-2/h5-12,23H,3-4,13-15H2,1-2H3,(H,24,26). The molecule has 10 heteroatoms. The molecule has 0 radical (unpaired) electrons. The van der Waals surface area contributed by atoms with Gasteiger partial charge < -0.3 is 14.8 Å². The molecule has 172 valence electrons. The van der Waals surface area contributed by atoms with Gasteiger partial charge in [-0.15, -0.1) is 0 Å². The number of anilines is 1. The van der Waals surface area contributed by atoms with Gasteiger partial charge in [0, 0.05) is 24.2 Å². The second-order valence-corrected chi connectivity index (χ2v) is 8.38. The summed E-state index contributed by atoms with van der Waals surface area (Å²) in [6, 6.07) is 12.1. The summed E-state index contributed by atoms with van der Waals surface area (Å²) in [5, 5.41) is 2.67. The van der Waals surface area contributed by atoms with Crippen LogP contribution in [-0.2, 0) is 24.3 Å². The normalized spacial score (nSPS) is 10.9. The average Bonchev–Trinajstić information content (AvgIpc) is 2.78. The molecule has 0 aliphatic carbocycles. The Morgan fingerprint density at radius 3 is 2.19 bits per heavy atom. The highest BCUT2D eigenvalue weighted by molar-refractivity contribution is 7.89. The monoisotopic (exact) mass is 462 g/mol. The lowest BCUT2D eigenvalue weighted by Crippen LogP contribution is -2.27. The molecule has 0 aliphatic heterocycles. The number of benzene rings is 2. The van der Waals surface area contributed by atoms with Crippen molar-refractivity contribution in [3.05, 3.63) is 54.1 Å². The Morgan fingerprint density at radius 1 is 0.938 bits per heavy atom. The first-order valence-corrected chi connectivity index (χ1v) is 11.5. The fraction of sp³-hybridized carbons (Fsp3) is 0.318. The largest absolute Gasteiger partial charge is 0.494 e. The van der Waals surface area contributed by atoms with E-state index < -0.39 is 28.4 Å². The van der Waals surface area contributed by atoms with Gasteiger partial charge in [0.1, 0.15) is 5.75 Å². The van der Waals surface area contributed by atoms with Crippen LogP contribution in [0.3, 0.4) is 0 Å². The third-order valence-corrected chi connectivity index (χ3v) is 5.72. The molecule has 0 fully saturated rings. The lowest BCUT2D eigenvalue weighted by Gasteiger charge is -2.09. The van der Waals surface area contributed by atoms with Crippen molar-refractivity contribution >= 4 is 33.4 Å². The Hall–Kier alpha value is -3.24. The molecule has 9 nitrogen and oxygen atoms in total. The Bertz CT molecular complexity index is 1030. The van der Waals surface area contributed by atoms with Crippen molar-refractivity contribution in [1.29, 1.82) is 0 Å². The molecule has 2 aromatic rings. The topological polar surface area (TPSA) is 128 Å². The minimum atomic E-state index is -3.79. The minimum Gasteiger partial charge on any atom is -0.494 e. The number of ether oxygens (including phenoxy) is 2. The predicted octanol–water partition coefficient (Wildman–Crippen LogP) is 2.53. The fourth-order valence-corrected chi connectivity index (χ4v) is 3.57.